The molecule has 1 amide bonds. The number of amides is 1. The van der Waals surface area contributed by atoms with Crippen LogP contribution in [0.4, 0.5) is 0 Å². The average Bonchev–Trinajstić information content (AvgIpc) is 2.42. The Morgan fingerprint density at radius 3 is 2.85 bits per heavy atom. The number of carbonyl (C=O) groups excluding carboxylic acids is 1. The quantitative estimate of drug-likeness (QED) is 0.916. The molecule has 2 unspecified atom stereocenters. The van der Waals surface area contributed by atoms with Gasteiger partial charge in [-0.05, 0) is 47.0 Å². The van der Waals surface area contributed by atoms with Gasteiger partial charge in [-0.15, -0.1) is 0 Å². The molecule has 0 spiro atoms. The lowest BCUT2D eigenvalue weighted by molar-refractivity contribution is -0.132. The van der Waals surface area contributed by atoms with Crippen molar-refractivity contribution in [3.63, 3.8) is 0 Å². The molecule has 1 aromatic rings. The van der Waals surface area contributed by atoms with Gasteiger partial charge in [-0.25, -0.2) is 0 Å². The number of halogens is 1. The van der Waals surface area contributed by atoms with E-state index in [1.165, 1.54) is 5.56 Å². The highest BCUT2D eigenvalue weighted by Crippen LogP contribution is 2.28. The molecule has 2 atom stereocenters. The Morgan fingerprint density at radius 1 is 1.50 bits per heavy atom. The predicted octanol–water partition coefficient (Wildman–Crippen LogP) is 2.73. The van der Waals surface area contributed by atoms with Crippen molar-refractivity contribution in [1.82, 2.24) is 10.2 Å². The molecule has 1 N–H and O–H groups in total. The highest BCUT2D eigenvalue weighted by molar-refractivity contribution is 9.10. The first-order valence-corrected chi connectivity index (χ1v) is 7.64. The topological polar surface area (TPSA) is 41.6 Å². The Morgan fingerprint density at radius 2 is 2.25 bits per heavy atom. The molecule has 1 saturated heterocycles. The molecule has 5 heteroatoms. The number of hydrogen-bond acceptors (Lipinski definition) is 3. The van der Waals surface area contributed by atoms with Crippen LogP contribution in [-0.4, -0.2) is 37.6 Å². The van der Waals surface area contributed by atoms with Gasteiger partial charge in [0.2, 0.25) is 5.91 Å². The molecule has 1 heterocycles. The lowest BCUT2D eigenvalue weighted by atomic mass is 10.0. The third-order valence-electron chi connectivity index (χ3n) is 3.79. The molecule has 0 aliphatic carbocycles. The fourth-order valence-electron chi connectivity index (χ4n) is 2.55. The van der Waals surface area contributed by atoms with E-state index in [2.05, 4.69) is 40.3 Å². The minimum Gasteiger partial charge on any atom is -0.496 e. The molecule has 1 aliphatic heterocycles. The fourth-order valence-corrected chi connectivity index (χ4v) is 3.11. The molecule has 1 aliphatic rings. The molecule has 1 fully saturated rings. The fraction of sp³-hybridized carbons (Fsp3) is 0.533. The number of rotatable bonds is 4. The molecule has 0 bridgehead atoms. The minimum atomic E-state index is 0.239. The zero-order valence-corrected chi connectivity index (χ0v) is 13.7. The highest BCUT2D eigenvalue weighted by atomic mass is 79.9. The van der Waals surface area contributed by atoms with Gasteiger partial charge in [0, 0.05) is 32.1 Å². The normalized spacial score (nSPS) is 20.9. The number of nitrogens with zero attached hydrogens (tertiary/aromatic N) is 1. The number of likely N-dealkylation sites (N-methyl/N-ethyl adjacent to an activating group) is 1. The van der Waals surface area contributed by atoms with Crippen LogP contribution in [0.3, 0.4) is 0 Å². The van der Waals surface area contributed by atoms with E-state index in [1.54, 1.807) is 12.0 Å². The molecule has 2 rings (SSSR count). The van der Waals surface area contributed by atoms with Gasteiger partial charge in [-0.3, -0.25) is 4.79 Å². The first kappa shape index (κ1) is 15.3. The van der Waals surface area contributed by atoms with E-state index in [4.69, 9.17) is 4.74 Å². The summed E-state index contributed by atoms with van der Waals surface area (Å²) in [4.78, 5) is 13.3. The van der Waals surface area contributed by atoms with Gasteiger partial charge in [0.15, 0.2) is 0 Å². The molecule has 0 aromatic heterocycles. The van der Waals surface area contributed by atoms with Crippen molar-refractivity contribution in [3.8, 4) is 5.75 Å². The zero-order chi connectivity index (χ0) is 14.7. The lowest BCUT2D eigenvalue weighted by Gasteiger charge is -2.32. The summed E-state index contributed by atoms with van der Waals surface area (Å²) in [5, 5.41) is 3.60. The van der Waals surface area contributed by atoms with Crippen LogP contribution in [0.25, 0.3) is 0 Å². The van der Waals surface area contributed by atoms with Crippen molar-refractivity contribution in [1.29, 1.82) is 0 Å². The molecule has 4 nitrogen and oxygen atoms in total. The number of ether oxygens (including phenoxy) is 1. The summed E-state index contributed by atoms with van der Waals surface area (Å²) in [5.74, 6) is 1.08. The first-order chi connectivity index (χ1) is 9.51. The Hall–Kier alpha value is -1.07. The molecule has 0 saturated carbocycles. The van der Waals surface area contributed by atoms with Crippen LogP contribution in [0.1, 0.15) is 31.4 Å². The average molecular weight is 341 g/mol. The molecule has 0 radical (unpaired) electrons. The van der Waals surface area contributed by atoms with Crippen molar-refractivity contribution in [2.45, 2.75) is 31.8 Å². The molecule has 20 heavy (non-hydrogen) atoms. The van der Waals surface area contributed by atoms with E-state index >= 15 is 0 Å². The number of carbonyl (C=O) groups is 1. The molecule has 110 valence electrons. The van der Waals surface area contributed by atoms with E-state index in [1.807, 2.05) is 13.1 Å². The van der Waals surface area contributed by atoms with Gasteiger partial charge >= 0.3 is 0 Å². The van der Waals surface area contributed by atoms with Gasteiger partial charge in [-0.2, -0.15) is 0 Å². The van der Waals surface area contributed by atoms with Crippen LogP contribution in [0, 0.1) is 0 Å². The predicted molar refractivity (Wildman–Crippen MR) is 82.9 cm³/mol. The zero-order valence-electron chi connectivity index (χ0n) is 12.1. The number of nitrogens with one attached hydrogen (secondary N) is 1. The van der Waals surface area contributed by atoms with Crippen molar-refractivity contribution >= 4 is 21.8 Å². The van der Waals surface area contributed by atoms with Crippen molar-refractivity contribution < 1.29 is 9.53 Å². The third-order valence-corrected chi connectivity index (χ3v) is 4.41. The van der Waals surface area contributed by atoms with Gasteiger partial charge < -0.3 is 15.0 Å². The largest absolute Gasteiger partial charge is 0.496 e. The van der Waals surface area contributed by atoms with Crippen LogP contribution in [-0.2, 0) is 4.79 Å². The highest BCUT2D eigenvalue weighted by Gasteiger charge is 2.24. The standard InChI is InChI=1S/C15H21BrN2O2/c1-10(11-4-6-14(20-3)13(16)8-11)17-12-5-7-15(19)18(2)9-12/h4,6,8,10,12,17H,5,7,9H2,1-3H3. The van der Waals surface area contributed by atoms with Crippen molar-refractivity contribution in [2.24, 2.45) is 0 Å². The number of hydrogen-bond donors (Lipinski definition) is 1. The number of methoxy groups -OCH3 is 1. The first-order valence-electron chi connectivity index (χ1n) is 6.84. The van der Waals surface area contributed by atoms with Crippen molar-refractivity contribution in [3.05, 3.63) is 28.2 Å². The van der Waals surface area contributed by atoms with Gasteiger partial charge in [0.05, 0.1) is 11.6 Å². The van der Waals surface area contributed by atoms with Crippen LogP contribution < -0.4 is 10.1 Å². The van der Waals surface area contributed by atoms with E-state index in [0.717, 1.165) is 23.2 Å². The SMILES string of the molecule is COc1ccc(C(C)NC2CCC(=O)N(C)C2)cc1Br. The molecule has 1 aromatic carbocycles. The number of piperidine rings is 1. The van der Waals surface area contributed by atoms with Crippen LogP contribution in [0.2, 0.25) is 0 Å². The van der Waals surface area contributed by atoms with E-state index in [-0.39, 0.29) is 11.9 Å². The minimum absolute atomic E-state index is 0.239. The van der Waals surface area contributed by atoms with E-state index < -0.39 is 0 Å². The van der Waals surface area contributed by atoms with Crippen LogP contribution >= 0.6 is 15.9 Å². The van der Waals surface area contributed by atoms with E-state index in [0.29, 0.717) is 12.5 Å². The summed E-state index contributed by atoms with van der Waals surface area (Å²) in [6.45, 7) is 2.92. The smallest absolute Gasteiger partial charge is 0.222 e. The maximum absolute atomic E-state index is 11.5. The summed E-state index contributed by atoms with van der Waals surface area (Å²) in [7, 11) is 3.53. The number of likely N-dealkylation sites (tertiary alicyclic amines) is 1. The second kappa shape index (κ2) is 6.59. The molecular weight excluding hydrogens is 320 g/mol. The second-order valence-electron chi connectivity index (χ2n) is 5.29. The summed E-state index contributed by atoms with van der Waals surface area (Å²) < 4.78 is 6.20. The summed E-state index contributed by atoms with van der Waals surface area (Å²) in [5.41, 5.74) is 1.21. The van der Waals surface area contributed by atoms with Gasteiger partial charge in [0.25, 0.3) is 0 Å². The lowest BCUT2D eigenvalue weighted by Crippen LogP contribution is -2.47. The van der Waals surface area contributed by atoms with Crippen LogP contribution in [0.5, 0.6) is 5.75 Å². The van der Waals surface area contributed by atoms with Crippen LogP contribution in [0.15, 0.2) is 22.7 Å². The Bertz CT molecular complexity index is 493. The third kappa shape index (κ3) is 3.52. The summed E-state index contributed by atoms with van der Waals surface area (Å²) in [6, 6.07) is 6.71. The van der Waals surface area contributed by atoms with Gasteiger partial charge in [-0.1, -0.05) is 6.07 Å². The molecular formula is C15H21BrN2O2. The second-order valence-corrected chi connectivity index (χ2v) is 6.15. The van der Waals surface area contributed by atoms with E-state index in [9.17, 15) is 4.79 Å². The summed E-state index contributed by atoms with van der Waals surface area (Å²) in [6.07, 6.45) is 1.54. The monoisotopic (exact) mass is 340 g/mol. The Balaban J connectivity index is 1.99. The Kier molecular flexibility index (Phi) is 5.05. The maximum Gasteiger partial charge on any atom is 0.222 e. The van der Waals surface area contributed by atoms with Gasteiger partial charge in [0.1, 0.15) is 5.75 Å². The Labute approximate surface area is 128 Å². The number of benzene rings is 1. The van der Waals surface area contributed by atoms with Crippen molar-refractivity contribution in [2.75, 3.05) is 20.7 Å². The summed E-state index contributed by atoms with van der Waals surface area (Å²) >= 11 is 3.51. The maximum atomic E-state index is 11.5.